The summed E-state index contributed by atoms with van der Waals surface area (Å²) in [7, 11) is 0. The zero-order valence-corrected chi connectivity index (χ0v) is 11.0. The number of hydrogen-bond acceptors (Lipinski definition) is 4. The van der Waals surface area contributed by atoms with Crippen molar-refractivity contribution in [3.63, 3.8) is 0 Å². The molecule has 0 fully saturated rings. The van der Waals surface area contributed by atoms with E-state index in [0.29, 0.717) is 0 Å². The molecule has 7 heteroatoms. The largest absolute Gasteiger partial charge is 1.00 e. The van der Waals surface area contributed by atoms with E-state index in [9.17, 15) is 4.79 Å². The Labute approximate surface area is 112 Å². The first-order chi connectivity index (χ1) is 6.66. The molecule has 0 aliphatic heterocycles. The van der Waals surface area contributed by atoms with Gasteiger partial charge in [-0.3, -0.25) is 4.79 Å². The monoisotopic (exact) mass is 240 g/mol. The maximum Gasteiger partial charge on any atom is 1.00 e. The summed E-state index contributed by atoms with van der Waals surface area (Å²) in [6.45, 7) is 2.00. The summed E-state index contributed by atoms with van der Waals surface area (Å²) in [6.07, 6.45) is 0.833. The Bertz CT molecular complexity index is 263. The normalized spacial score (nSPS) is 8.93. The Morgan fingerprint density at radius 3 is 1.80 bits per heavy atom. The molecular formula is C8H9NaO5S. The summed E-state index contributed by atoms with van der Waals surface area (Å²) >= 11 is -2.86. The number of hydrogen-bond donors (Lipinski definition) is 1. The molecule has 5 nitrogen and oxygen atoms in total. The van der Waals surface area contributed by atoms with Crippen molar-refractivity contribution in [2.75, 3.05) is 0 Å². The quantitative estimate of drug-likeness (QED) is 0.337. The summed E-state index contributed by atoms with van der Waals surface area (Å²) in [5.41, 5.74) is 0.729. The fourth-order valence-electron chi connectivity index (χ4n) is 0.532. The molecule has 1 N–H and O–H groups in total. The van der Waals surface area contributed by atoms with Crippen LogP contribution in [-0.4, -0.2) is 26.4 Å². The van der Waals surface area contributed by atoms with E-state index in [2.05, 4.69) is 0 Å². The van der Waals surface area contributed by atoms with Crippen molar-refractivity contribution in [2.24, 2.45) is 0 Å². The molecule has 1 rings (SSSR count). The smallest absolute Gasteiger partial charge is 0.750 e. The Morgan fingerprint density at radius 2 is 1.60 bits per heavy atom. The molecular weight excluding hydrogens is 231 g/mol. The van der Waals surface area contributed by atoms with Crippen LogP contribution in [0, 0.1) is 0 Å². The number of carbonyl (C=O) groups excluding carboxylic acids is 2. The van der Waals surface area contributed by atoms with Crippen LogP contribution in [0.15, 0.2) is 30.3 Å². The molecule has 15 heavy (non-hydrogen) atoms. The van der Waals surface area contributed by atoms with Gasteiger partial charge in [0.25, 0.3) is 0 Å². The van der Waals surface area contributed by atoms with Gasteiger partial charge < -0.3 is 13.9 Å². The van der Waals surface area contributed by atoms with Gasteiger partial charge in [-0.05, 0) is 0 Å². The fourth-order valence-corrected chi connectivity index (χ4v) is 0.532. The van der Waals surface area contributed by atoms with E-state index in [1.807, 2.05) is 25.0 Å². The van der Waals surface area contributed by atoms with E-state index in [1.54, 1.807) is 12.1 Å². The van der Waals surface area contributed by atoms with Gasteiger partial charge in [-0.25, -0.2) is 4.21 Å². The van der Waals surface area contributed by atoms with Gasteiger partial charge in [0, 0.05) is 5.56 Å². The zero-order valence-electron chi connectivity index (χ0n) is 8.16. The van der Waals surface area contributed by atoms with Gasteiger partial charge in [-0.2, -0.15) is 0 Å². The van der Waals surface area contributed by atoms with Crippen molar-refractivity contribution < 1.29 is 52.5 Å². The van der Waals surface area contributed by atoms with Crippen LogP contribution in [0.3, 0.4) is 0 Å². The third-order valence-corrected chi connectivity index (χ3v) is 0.936. The first-order valence-corrected chi connectivity index (χ1v) is 4.27. The minimum atomic E-state index is -2.86. The predicted molar refractivity (Wildman–Crippen MR) is 50.5 cm³/mol. The molecule has 0 bridgehead atoms. The molecule has 0 aromatic heterocycles. The van der Waals surface area contributed by atoms with Gasteiger partial charge in [0.2, 0.25) is 0 Å². The molecule has 0 aliphatic carbocycles. The van der Waals surface area contributed by atoms with Crippen LogP contribution >= 0.6 is 0 Å². The summed E-state index contributed by atoms with van der Waals surface area (Å²) in [6, 6.07) is 9.10. The summed E-state index contributed by atoms with van der Waals surface area (Å²) < 4.78 is 24.1. The van der Waals surface area contributed by atoms with Gasteiger partial charge in [0.1, 0.15) is 13.1 Å². The Balaban J connectivity index is -0.000000179. The van der Waals surface area contributed by atoms with Crippen molar-refractivity contribution in [2.45, 2.75) is 0 Å². The topological polar surface area (TPSA) is 94.5 Å². The minimum Gasteiger partial charge on any atom is -0.750 e. The van der Waals surface area contributed by atoms with E-state index in [1.165, 1.54) is 0 Å². The standard InChI is InChI=1S/C7H6O.CH2O.Na.H2O3S/c8-6-7-4-2-1-3-5-7;1-2;;1-4(2)3/h1-6H;1H2;;(H2,1,2,3)/q;;+1;/p-1. The van der Waals surface area contributed by atoms with Gasteiger partial charge in [0.15, 0.2) is 0 Å². The van der Waals surface area contributed by atoms with Crippen LogP contribution in [0.4, 0.5) is 0 Å². The van der Waals surface area contributed by atoms with Crippen LogP contribution in [-0.2, 0) is 16.2 Å². The molecule has 0 saturated heterocycles. The molecule has 1 unspecified atom stereocenters. The Morgan fingerprint density at radius 1 is 1.27 bits per heavy atom. The molecule has 1 aromatic rings. The molecule has 0 aliphatic rings. The van der Waals surface area contributed by atoms with Crippen molar-refractivity contribution in [3.05, 3.63) is 35.9 Å². The average molecular weight is 240 g/mol. The maximum absolute atomic E-state index is 10.0. The number of benzene rings is 1. The summed E-state index contributed by atoms with van der Waals surface area (Å²) in [5.74, 6) is 0. The van der Waals surface area contributed by atoms with Crippen molar-refractivity contribution in [3.8, 4) is 0 Å². The van der Waals surface area contributed by atoms with E-state index < -0.39 is 11.4 Å². The minimum absolute atomic E-state index is 0. The zero-order chi connectivity index (χ0) is 11.4. The number of carbonyl (C=O) groups is 2. The molecule has 0 radical (unpaired) electrons. The molecule has 1 atom stereocenters. The second kappa shape index (κ2) is 16.1. The predicted octanol–water partition coefficient (Wildman–Crippen LogP) is -2.34. The number of aldehydes is 1. The van der Waals surface area contributed by atoms with Crippen molar-refractivity contribution in [1.29, 1.82) is 0 Å². The van der Waals surface area contributed by atoms with E-state index in [4.69, 9.17) is 18.1 Å². The molecule has 0 amide bonds. The number of rotatable bonds is 1. The summed E-state index contributed by atoms with van der Waals surface area (Å²) in [4.78, 5) is 18.0. The van der Waals surface area contributed by atoms with Crippen LogP contribution in [0.1, 0.15) is 10.4 Å². The molecule has 1 aromatic carbocycles. The van der Waals surface area contributed by atoms with Gasteiger partial charge in [-0.15, -0.1) is 0 Å². The van der Waals surface area contributed by atoms with Crippen LogP contribution in [0.5, 0.6) is 0 Å². The van der Waals surface area contributed by atoms with Gasteiger partial charge in [-0.1, -0.05) is 30.3 Å². The third-order valence-electron chi connectivity index (χ3n) is 0.936. The van der Waals surface area contributed by atoms with Crippen LogP contribution in [0.2, 0.25) is 0 Å². The van der Waals surface area contributed by atoms with Gasteiger partial charge >= 0.3 is 29.6 Å². The van der Waals surface area contributed by atoms with Crippen LogP contribution in [0.25, 0.3) is 0 Å². The first kappa shape index (κ1) is 20.1. The molecule has 0 saturated carbocycles. The Hall–Kier alpha value is -0.370. The fraction of sp³-hybridized carbons (Fsp3) is 0. The van der Waals surface area contributed by atoms with E-state index in [-0.39, 0.29) is 29.6 Å². The maximum atomic E-state index is 10.0. The SMILES string of the molecule is C=O.O=Cc1ccccc1.O=S([O-])O.[Na+]. The van der Waals surface area contributed by atoms with E-state index >= 15 is 0 Å². The Kier molecular flexibility index (Phi) is 21.5. The summed E-state index contributed by atoms with van der Waals surface area (Å²) in [5, 5.41) is 0. The van der Waals surface area contributed by atoms with Gasteiger partial charge in [0.05, 0.1) is 11.4 Å². The molecule has 0 heterocycles. The average Bonchev–Trinajstić information content (AvgIpc) is 2.21. The second-order valence-corrected chi connectivity index (χ2v) is 2.18. The van der Waals surface area contributed by atoms with E-state index in [0.717, 1.165) is 11.8 Å². The molecule has 0 spiro atoms. The van der Waals surface area contributed by atoms with Crippen molar-refractivity contribution in [1.82, 2.24) is 0 Å². The van der Waals surface area contributed by atoms with Crippen LogP contribution < -0.4 is 29.6 Å². The van der Waals surface area contributed by atoms with Crippen molar-refractivity contribution >= 4 is 24.4 Å². The second-order valence-electron chi connectivity index (χ2n) is 1.75. The first-order valence-electron chi connectivity index (χ1n) is 3.24. The third kappa shape index (κ3) is 19.9. The molecule has 78 valence electrons.